The van der Waals surface area contributed by atoms with Crippen LogP contribution in [0.3, 0.4) is 0 Å². The first-order chi connectivity index (χ1) is 11.7. The van der Waals surface area contributed by atoms with Gasteiger partial charge in [-0.05, 0) is 49.1 Å². The van der Waals surface area contributed by atoms with Crippen LogP contribution in [0.5, 0.6) is 0 Å². The van der Waals surface area contributed by atoms with Crippen LogP contribution in [-0.4, -0.2) is 35.9 Å². The zero-order valence-corrected chi connectivity index (χ0v) is 13.5. The van der Waals surface area contributed by atoms with Gasteiger partial charge in [0.05, 0.1) is 11.3 Å². The van der Waals surface area contributed by atoms with E-state index in [1.807, 2.05) is 42.5 Å². The molecule has 5 heteroatoms. The number of aliphatic hydroxyl groups is 1. The van der Waals surface area contributed by atoms with E-state index in [0.717, 1.165) is 37.3 Å². The average molecular weight is 326 g/mol. The summed E-state index contributed by atoms with van der Waals surface area (Å²) in [6.45, 7) is 2.00. The van der Waals surface area contributed by atoms with E-state index in [2.05, 4.69) is 10.2 Å². The molecule has 0 aliphatic carbocycles. The van der Waals surface area contributed by atoms with E-state index < -0.39 is 5.97 Å². The highest BCUT2D eigenvalue weighted by Gasteiger charge is 2.20. The Morgan fingerprint density at radius 3 is 2.46 bits per heavy atom. The molecule has 0 spiro atoms. The van der Waals surface area contributed by atoms with E-state index in [0.29, 0.717) is 11.6 Å². The van der Waals surface area contributed by atoms with Crippen LogP contribution in [0.15, 0.2) is 48.5 Å². The van der Waals surface area contributed by atoms with Crippen molar-refractivity contribution < 1.29 is 15.0 Å². The van der Waals surface area contributed by atoms with Crippen LogP contribution in [0.2, 0.25) is 0 Å². The number of aliphatic hydroxyl groups excluding tert-OH is 1. The maximum absolute atomic E-state index is 11.5. The lowest BCUT2D eigenvalue weighted by molar-refractivity contribution is 0.0698. The predicted octanol–water partition coefficient (Wildman–Crippen LogP) is 3.34. The summed E-state index contributed by atoms with van der Waals surface area (Å²) in [4.78, 5) is 13.7. The van der Waals surface area contributed by atoms with Crippen molar-refractivity contribution >= 4 is 23.0 Å². The van der Waals surface area contributed by atoms with Gasteiger partial charge in [0.1, 0.15) is 0 Å². The predicted molar refractivity (Wildman–Crippen MR) is 95.1 cm³/mol. The molecule has 0 aromatic heterocycles. The third-order valence-electron chi connectivity index (χ3n) is 4.52. The Labute approximate surface area is 141 Å². The van der Waals surface area contributed by atoms with Gasteiger partial charge in [-0.1, -0.05) is 18.2 Å². The van der Waals surface area contributed by atoms with E-state index in [1.165, 1.54) is 0 Å². The van der Waals surface area contributed by atoms with Crippen LogP contribution >= 0.6 is 0 Å². The molecular formula is C19H22N2O3. The Kier molecular flexibility index (Phi) is 5.01. The Morgan fingerprint density at radius 2 is 1.83 bits per heavy atom. The highest BCUT2D eigenvalue weighted by atomic mass is 16.4. The summed E-state index contributed by atoms with van der Waals surface area (Å²) in [5.74, 6) is -0.569. The summed E-state index contributed by atoms with van der Waals surface area (Å²) >= 11 is 0. The first-order valence-corrected chi connectivity index (χ1v) is 8.22. The van der Waals surface area contributed by atoms with Crippen LogP contribution in [0.25, 0.3) is 0 Å². The second-order valence-electron chi connectivity index (χ2n) is 6.14. The average Bonchev–Trinajstić information content (AvgIpc) is 2.62. The minimum Gasteiger partial charge on any atom is -0.478 e. The third kappa shape index (κ3) is 3.68. The van der Waals surface area contributed by atoms with Crippen molar-refractivity contribution in [3.8, 4) is 0 Å². The molecule has 24 heavy (non-hydrogen) atoms. The highest BCUT2D eigenvalue weighted by Crippen LogP contribution is 2.29. The molecule has 3 N–H and O–H groups in total. The monoisotopic (exact) mass is 326 g/mol. The van der Waals surface area contributed by atoms with Crippen LogP contribution in [-0.2, 0) is 0 Å². The first-order valence-electron chi connectivity index (χ1n) is 8.22. The number of nitrogens with zero attached hydrogens (tertiary/aromatic N) is 1. The molecule has 1 heterocycles. The lowest BCUT2D eigenvalue weighted by Crippen LogP contribution is -2.34. The molecule has 0 bridgehead atoms. The van der Waals surface area contributed by atoms with Gasteiger partial charge in [0.15, 0.2) is 0 Å². The van der Waals surface area contributed by atoms with E-state index >= 15 is 0 Å². The molecule has 0 atom stereocenters. The standard InChI is InChI=1S/C19H22N2O3/c22-13-14-8-10-21(11-9-14)16-6-7-17(19(23)24)18(12-16)20-15-4-2-1-3-5-15/h1-7,12,14,20,22H,8-11,13H2,(H,23,24). The molecule has 2 aromatic carbocycles. The fourth-order valence-corrected chi connectivity index (χ4v) is 3.07. The minimum absolute atomic E-state index is 0.243. The number of benzene rings is 2. The molecular weight excluding hydrogens is 304 g/mol. The molecule has 5 nitrogen and oxygen atoms in total. The molecule has 0 unspecified atom stereocenters. The van der Waals surface area contributed by atoms with Crippen molar-refractivity contribution in [3.05, 3.63) is 54.1 Å². The summed E-state index contributed by atoms with van der Waals surface area (Å²) in [5, 5.41) is 21.9. The highest BCUT2D eigenvalue weighted by molar-refractivity contribution is 5.96. The summed E-state index contributed by atoms with van der Waals surface area (Å²) < 4.78 is 0. The first kappa shape index (κ1) is 16.3. The zero-order chi connectivity index (χ0) is 16.9. The Morgan fingerprint density at radius 1 is 1.12 bits per heavy atom. The lowest BCUT2D eigenvalue weighted by atomic mass is 9.97. The van der Waals surface area contributed by atoms with Gasteiger partial charge in [-0.2, -0.15) is 0 Å². The van der Waals surface area contributed by atoms with E-state index in [4.69, 9.17) is 0 Å². The number of anilines is 3. The maximum Gasteiger partial charge on any atom is 0.337 e. The van der Waals surface area contributed by atoms with Crippen molar-refractivity contribution in [1.29, 1.82) is 0 Å². The molecule has 0 radical (unpaired) electrons. The second-order valence-corrected chi connectivity index (χ2v) is 6.14. The molecule has 1 aliphatic heterocycles. The van der Waals surface area contributed by atoms with Crippen LogP contribution in [0.4, 0.5) is 17.1 Å². The largest absolute Gasteiger partial charge is 0.478 e. The van der Waals surface area contributed by atoms with E-state index in [9.17, 15) is 15.0 Å². The van der Waals surface area contributed by atoms with Gasteiger partial charge >= 0.3 is 5.97 Å². The van der Waals surface area contributed by atoms with E-state index in [-0.39, 0.29) is 12.2 Å². The summed E-state index contributed by atoms with van der Waals surface area (Å²) in [6.07, 6.45) is 1.91. The second kappa shape index (κ2) is 7.36. The Bertz CT molecular complexity index is 695. The molecule has 3 rings (SSSR count). The minimum atomic E-state index is -0.945. The van der Waals surface area contributed by atoms with Crippen molar-refractivity contribution in [3.63, 3.8) is 0 Å². The van der Waals surface area contributed by atoms with Gasteiger partial charge in [-0.25, -0.2) is 4.79 Å². The lowest BCUT2D eigenvalue weighted by Gasteiger charge is -2.33. The Balaban J connectivity index is 1.84. The van der Waals surface area contributed by atoms with Crippen molar-refractivity contribution in [2.24, 2.45) is 5.92 Å². The number of hydrogen-bond donors (Lipinski definition) is 3. The van der Waals surface area contributed by atoms with Gasteiger partial charge in [0.25, 0.3) is 0 Å². The number of piperidine rings is 1. The number of rotatable bonds is 5. The SMILES string of the molecule is O=C(O)c1ccc(N2CCC(CO)CC2)cc1Nc1ccccc1. The van der Waals surface area contributed by atoms with Crippen molar-refractivity contribution in [1.82, 2.24) is 0 Å². The fourth-order valence-electron chi connectivity index (χ4n) is 3.07. The topological polar surface area (TPSA) is 72.8 Å². The molecule has 1 aliphatic rings. The number of para-hydroxylation sites is 1. The number of carboxylic acids is 1. The van der Waals surface area contributed by atoms with Crippen LogP contribution in [0.1, 0.15) is 23.2 Å². The normalized spacial score (nSPS) is 15.3. The van der Waals surface area contributed by atoms with E-state index in [1.54, 1.807) is 6.07 Å². The molecule has 0 saturated carbocycles. The van der Waals surface area contributed by atoms with Gasteiger partial charge in [-0.15, -0.1) is 0 Å². The number of carboxylic acid groups (broad SMARTS) is 1. The number of carbonyl (C=O) groups is 1. The number of nitrogens with one attached hydrogen (secondary N) is 1. The zero-order valence-electron chi connectivity index (χ0n) is 13.5. The van der Waals surface area contributed by atoms with Gasteiger partial charge in [0.2, 0.25) is 0 Å². The molecule has 126 valence electrons. The van der Waals surface area contributed by atoms with Crippen LogP contribution in [0, 0.1) is 5.92 Å². The quantitative estimate of drug-likeness (QED) is 0.786. The molecule has 1 fully saturated rings. The smallest absolute Gasteiger partial charge is 0.337 e. The molecule has 1 saturated heterocycles. The number of aromatic carboxylic acids is 1. The van der Waals surface area contributed by atoms with Gasteiger partial charge in [-0.3, -0.25) is 0 Å². The van der Waals surface area contributed by atoms with Gasteiger partial charge in [0, 0.05) is 31.1 Å². The third-order valence-corrected chi connectivity index (χ3v) is 4.52. The maximum atomic E-state index is 11.5. The van der Waals surface area contributed by atoms with Crippen molar-refractivity contribution in [2.75, 3.05) is 29.9 Å². The number of hydrogen-bond acceptors (Lipinski definition) is 4. The summed E-state index contributed by atoms with van der Waals surface area (Å²) in [6, 6.07) is 15.0. The van der Waals surface area contributed by atoms with Gasteiger partial charge < -0.3 is 20.4 Å². The summed E-state index contributed by atoms with van der Waals surface area (Å²) in [7, 11) is 0. The fraction of sp³-hybridized carbons (Fsp3) is 0.316. The Hall–Kier alpha value is -2.53. The molecule has 2 aromatic rings. The summed E-state index contributed by atoms with van der Waals surface area (Å²) in [5.41, 5.74) is 2.72. The molecule has 0 amide bonds. The van der Waals surface area contributed by atoms with Crippen LogP contribution < -0.4 is 10.2 Å². The van der Waals surface area contributed by atoms with Crippen molar-refractivity contribution in [2.45, 2.75) is 12.8 Å².